The molecular weight excluding hydrogens is 436 g/mol. The number of amides is 1. The molecule has 164 valence electrons. The van der Waals surface area contributed by atoms with Crippen molar-refractivity contribution in [3.8, 4) is 10.7 Å². The highest BCUT2D eigenvalue weighted by atomic mass is 32.2. The Morgan fingerprint density at radius 2 is 1.72 bits per heavy atom. The number of carbonyl (C=O) groups is 1. The van der Waals surface area contributed by atoms with Gasteiger partial charge in [-0.2, -0.15) is 0 Å². The quantitative estimate of drug-likeness (QED) is 0.336. The molecule has 7 heteroatoms. The lowest BCUT2D eigenvalue weighted by molar-refractivity contribution is -0.120. The van der Waals surface area contributed by atoms with E-state index in [0.717, 1.165) is 15.9 Å². The summed E-state index contributed by atoms with van der Waals surface area (Å²) in [5.74, 6) is 1.09. The molecule has 4 rings (SSSR count). The van der Waals surface area contributed by atoms with Crippen LogP contribution in [-0.2, 0) is 11.3 Å². The Kier molecular flexibility index (Phi) is 7.39. The maximum absolute atomic E-state index is 12.8. The minimum atomic E-state index is -0.284. The van der Waals surface area contributed by atoms with Crippen LogP contribution in [0.4, 0.5) is 0 Å². The van der Waals surface area contributed by atoms with Gasteiger partial charge in [-0.15, -0.1) is 21.5 Å². The maximum Gasteiger partial charge on any atom is 0.233 e. The van der Waals surface area contributed by atoms with Crippen LogP contribution in [0, 0.1) is 0 Å². The largest absolute Gasteiger partial charge is 0.355 e. The van der Waals surface area contributed by atoms with E-state index in [1.807, 2.05) is 60.8 Å². The smallest absolute Gasteiger partial charge is 0.233 e. The number of hydrogen-bond donors (Lipinski definition) is 1. The van der Waals surface area contributed by atoms with E-state index in [-0.39, 0.29) is 17.1 Å². The zero-order chi connectivity index (χ0) is 22.3. The molecule has 2 heterocycles. The fourth-order valence-corrected chi connectivity index (χ4v) is 4.97. The zero-order valence-electron chi connectivity index (χ0n) is 18.1. The second-order valence-electron chi connectivity index (χ2n) is 7.67. The predicted octanol–water partition coefficient (Wildman–Crippen LogP) is 5.46. The van der Waals surface area contributed by atoms with Gasteiger partial charge in [0.15, 0.2) is 11.0 Å². The van der Waals surface area contributed by atoms with E-state index >= 15 is 0 Å². The van der Waals surface area contributed by atoms with Crippen LogP contribution in [0.2, 0.25) is 0 Å². The Morgan fingerprint density at radius 1 is 1.00 bits per heavy atom. The van der Waals surface area contributed by atoms with Crippen molar-refractivity contribution in [3.63, 3.8) is 0 Å². The predicted molar refractivity (Wildman–Crippen MR) is 132 cm³/mol. The Labute approximate surface area is 196 Å². The fourth-order valence-electron chi connectivity index (χ4n) is 3.38. The summed E-state index contributed by atoms with van der Waals surface area (Å²) in [5, 5.41) is 14.5. The maximum atomic E-state index is 12.8. The molecule has 32 heavy (non-hydrogen) atoms. The van der Waals surface area contributed by atoms with Crippen molar-refractivity contribution >= 4 is 29.0 Å². The highest BCUT2D eigenvalue weighted by molar-refractivity contribution is 8.00. The van der Waals surface area contributed by atoms with Crippen LogP contribution in [0.3, 0.4) is 0 Å². The SMILES string of the molecule is CC(Sc1nnc(-c2cccs2)n1Cc1ccccc1)C(=O)NCC(C)c1ccccc1. The van der Waals surface area contributed by atoms with Crippen LogP contribution in [-0.4, -0.2) is 32.5 Å². The van der Waals surface area contributed by atoms with Gasteiger partial charge < -0.3 is 5.32 Å². The molecule has 1 N–H and O–H groups in total. The molecule has 2 atom stereocenters. The van der Waals surface area contributed by atoms with E-state index in [2.05, 4.69) is 51.3 Å². The first-order valence-electron chi connectivity index (χ1n) is 10.6. The molecule has 0 spiro atoms. The topological polar surface area (TPSA) is 59.8 Å². The van der Waals surface area contributed by atoms with Crippen LogP contribution in [0.1, 0.15) is 30.9 Å². The second-order valence-corrected chi connectivity index (χ2v) is 9.93. The summed E-state index contributed by atoms with van der Waals surface area (Å²) in [4.78, 5) is 13.9. The molecule has 0 aliphatic rings. The molecular formula is C25H26N4OS2. The van der Waals surface area contributed by atoms with Gasteiger partial charge in [0, 0.05) is 6.54 Å². The summed E-state index contributed by atoms with van der Waals surface area (Å²) in [6.45, 7) is 5.30. The van der Waals surface area contributed by atoms with Crippen molar-refractivity contribution in [2.24, 2.45) is 0 Å². The molecule has 4 aromatic rings. The van der Waals surface area contributed by atoms with Crippen LogP contribution in [0.15, 0.2) is 83.3 Å². The number of thioether (sulfide) groups is 1. The van der Waals surface area contributed by atoms with Crippen LogP contribution >= 0.6 is 23.1 Å². The van der Waals surface area contributed by atoms with E-state index in [1.165, 1.54) is 22.9 Å². The molecule has 5 nitrogen and oxygen atoms in total. The van der Waals surface area contributed by atoms with Gasteiger partial charge in [0.05, 0.1) is 16.7 Å². The number of aromatic nitrogens is 3. The van der Waals surface area contributed by atoms with Crippen LogP contribution < -0.4 is 5.32 Å². The van der Waals surface area contributed by atoms with E-state index < -0.39 is 0 Å². The van der Waals surface area contributed by atoms with Gasteiger partial charge in [-0.05, 0) is 35.4 Å². The number of thiophene rings is 1. The molecule has 2 unspecified atom stereocenters. The zero-order valence-corrected chi connectivity index (χ0v) is 19.8. The molecule has 2 aromatic carbocycles. The third-order valence-corrected chi connectivity index (χ3v) is 7.19. The van der Waals surface area contributed by atoms with E-state index in [4.69, 9.17) is 0 Å². The molecule has 0 saturated heterocycles. The highest BCUT2D eigenvalue weighted by Crippen LogP contribution is 2.30. The van der Waals surface area contributed by atoms with Gasteiger partial charge in [-0.1, -0.05) is 85.4 Å². The van der Waals surface area contributed by atoms with Gasteiger partial charge in [0.2, 0.25) is 5.91 Å². The molecule has 2 aromatic heterocycles. The Bertz CT molecular complexity index is 1130. The lowest BCUT2D eigenvalue weighted by Gasteiger charge is -2.16. The van der Waals surface area contributed by atoms with Gasteiger partial charge in [-0.3, -0.25) is 9.36 Å². The van der Waals surface area contributed by atoms with E-state index in [1.54, 1.807) is 11.3 Å². The summed E-state index contributed by atoms with van der Waals surface area (Å²) in [7, 11) is 0. The van der Waals surface area contributed by atoms with E-state index in [0.29, 0.717) is 13.1 Å². The Hall–Kier alpha value is -2.90. The fraction of sp³-hybridized carbons (Fsp3) is 0.240. The molecule has 0 aliphatic heterocycles. The second kappa shape index (κ2) is 10.6. The van der Waals surface area contributed by atoms with Crippen LogP contribution in [0.5, 0.6) is 0 Å². The van der Waals surface area contributed by atoms with Gasteiger partial charge in [0.25, 0.3) is 0 Å². The summed E-state index contributed by atoms with van der Waals surface area (Å²) < 4.78 is 2.10. The number of nitrogens with zero attached hydrogens (tertiary/aromatic N) is 3. The van der Waals surface area contributed by atoms with Gasteiger partial charge in [0.1, 0.15) is 0 Å². The monoisotopic (exact) mass is 462 g/mol. The summed E-state index contributed by atoms with van der Waals surface area (Å²) in [6.07, 6.45) is 0. The van der Waals surface area contributed by atoms with Crippen molar-refractivity contribution in [1.29, 1.82) is 0 Å². The number of hydrogen-bond acceptors (Lipinski definition) is 5. The lowest BCUT2D eigenvalue weighted by atomic mass is 10.0. The first-order chi connectivity index (χ1) is 15.6. The van der Waals surface area contributed by atoms with Gasteiger partial charge >= 0.3 is 0 Å². The first-order valence-corrected chi connectivity index (χ1v) is 12.4. The van der Waals surface area contributed by atoms with Crippen molar-refractivity contribution < 1.29 is 4.79 Å². The average molecular weight is 463 g/mol. The highest BCUT2D eigenvalue weighted by Gasteiger charge is 2.22. The lowest BCUT2D eigenvalue weighted by Crippen LogP contribution is -2.33. The number of benzene rings is 2. The van der Waals surface area contributed by atoms with Gasteiger partial charge in [-0.25, -0.2) is 0 Å². The summed E-state index contributed by atoms with van der Waals surface area (Å²) in [5.41, 5.74) is 2.39. The molecule has 0 bridgehead atoms. The number of rotatable bonds is 9. The average Bonchev–Trinajstić information content (AvgIpc) is 3.49. The first kappa shape index (κ1) is 22.3. The van der Waals surface area contributed by atoms with Crippen molar-refractivity contribution in [2.45, 2.75) is 36.7 Å². The third kappa shape index (κ3) is 5.47. The van der Waals surface area contributed by atoms with Crippen molar-refractivity contribution in [2.75, 3.05) is 6.54 Å². The summed E-state index contributed by atoms with van der Waals surface area (Å²) in [6, 6.07) is 24.5. The van der Waals surface area contributed by atoms with Crippen molar-refractivity contribution in [3.05, 3.63) is 89.3 Å². The molecule has 0 fully saturated rings. The minimum Gasteiger partial charge on any atom is -0.355 e. The Balaban J connectivity index is 1.46. The number of carbonyl (C=O) groups excluding carboxylic acids is 1. The van der Waals surface area contributed by atoms with Crippen molar-refractivity contribution in [1.82, 2.24) is 20.1 Å². The number of nitrogens with one attached hydrogen (secondary N) is 1. The Morgan fingerprint density at radius 3 is 2.41 bits per heavy atom. The molecule has 0 saturated carbocycles. The molecule has 0 aliphatic carbocycles. The third-order valence-electron chi connectivity index (χ3n) is 5.24. The molecule has 1 amide bonds. The standard InChI is InChI=1S/C25H26N4OS2/c1-18(21-12-7-4-8-13-21)16-26-24(30)19(2)32-25-28-27-23(22-14-9-15-31-22)29(25)17-20-10-5-3-6-11-20/h3-15,18-19H,16-17H2,1-2H3,(H,26,30). The minimum absolute atomic E-state index is 0.00437. The summed E-state index contributed by atoms with van der Waals surface area (Å²) >= 11 is 3.08. The van der Waals surface area contributed by atoms with E-state index in [9.17, 15) is 4.79 Å². The normalized spacial score (nSPS) is 12.9. The molecule has 0 radical (unpaired) electrons. The van der Waals surface area contributed by atoms with Crippen LogP contribution in [0.25, 0.3) is 10.7 Å².